The van der Waals surface area contributed by atoms with Crippen molar-refractivity contribution in [1.29, 1.82) is 0 Å². The molecule has 1 aromatic heterocycles. The van der Waals surface area contributed by atoms with Crippen LogP contribution in [0.15, 0.2) is 29.4 Å². The van der Waals surface area contributed by atoms with Crippen molar-refractivity contribution < 1.29 is 18.3 Å². The number of carboxylic acids is 1. The summed E-state index contributed by atoms with van der Waals surface area (Å²) in [6, 6.07) is 3.68. The number of fused-ring (bicyclic) bond motifs is 1. The Labute approximate surface area is 131 Å². The van der Waals surface area contributed by atoms with Crippen molar-refractivity contribution in [2.24, 2.45) is 0 Å². The normalized spacial score (nSPS) is 15.5. The van der Waals surface area contributed by atoms with Gasteiger partial charge in [-0.05, 0) is 18.2 Å². The van der Waals surface area contributed by atoms with E-state index >= 15 is 0 Å². The zero-order chi connectivity index (χ0) is 15.9. The first-order valence-electron chi connectivity index (χ1n) is 6.43. The van der Waals surface area contributed by atoms with Crippen LogP contribution in [0.25, 0.3) is 0 Å². The lowest BCUT2D eigenvalue weighted by Crippen LogP contribution is -2.36. The first-order valence-corrected chi connectivity index (χ1v) is 8.25. The topological polar surface area (TPSA) is 103 Å². The summed E-state index contributed by atoms with van der Waals surface area (Å²) >= 11 is 5.78. The summed E-state index contributed by atoms with van der Waals surface area (Å²) in [7, 11) is -3.79. The molecule has 7 nitrogen and oxygen atoms in total. The molecular formula is C13H12ClN3O4S. The van der Waals surface area contributed by atoms with Crippen LogP contribution in [0.1, 0.15) is 21.7 Å². The van der Waals surface area contributed by atoms with Gasteiger partial charge in [-0.2, -0.15) is 4.31 Å². The summed E-state index contributed by atoms with van der Waals surface area (Å²) in [5.74, 6) is -1.27. The van der Waals surface area contributed by atoms with E-state index in [1.807, 2.05) is 0 Å². The number of imidazole rings is 1. The predicted octanol–water partition coefficient (Wildman–Crippen LogP) is 1.51. The van der Waals surface area contributed by atoms with Crippen LogP contribution in [0, 0.1) is 0 Å². The number of benzene rings is 1. The van der Waals surface area contributed by atoms with E-state index in [4.69, 9.17) is 16.7 Å². The van der Waals surface area contributed by atoms with E-state index < -0.39 is 16.0 Å². The fourth-order valence-corrected chi connectivity index (χ4v) is 4.00. The molecule has 0 spiro atoms. The van der Waals surface area contributed by atoms with Gasteiger partial charge in [0.05, 0.1) is 39.7 Å². The number of aromatic amines is 1. The lowest BCUT2D eigenvalue weighted by molar-refractivity contribution is 0.0697. The summed E-state index contributed by atoms with van der Waals surface area (Å²) in [4.78, 5) is 18.1. The van der Waals surface area contributed by atoms with Gasteiger partial charge in [0.2, 0.25) is 10.0 Å². The van der Waals surface area contributed by atoms with Gasteiger partial charge in [-0.3, -0.25) is 0 Å². The van der Waals surface area contributed by atoms with Crippen molar-refractivity contribution in [3.63, 3.8) is 0 Å². The van der Waals surface area contributed by atoms with Gasteiger partial charge in [-0.1, -0.05) is 11.6 Å². The van der Waals surface area contributed by atoms with Gasteiger partial charge < -0.3 is 10.1 Å². The Balaban J connectivity index is 1.97. The van der Waals surface area contributed by atoms with Gasteiger partial charge in [0, 0.05) is 13.0 Å². The number of carboxylic acid groups (broad SMARTS) is 1. The number of halogens is 1. The van der Waals surface area contributed by atoms with E-state index in [0.717, 1.165) is 17.5 Å². The molecule has 0 fully saturated rings. The number of aromatic carboxylic acids is 1. The molecule has 0 atom stereocenters. The molecule has 0 radical (unpaired) electrons. The number of sulfonamides is 1. The minimum atomic E-state index is -3.79. The molecule has 0 saturated carbocycles. The number of rotatable bonds is 3. The third-order valence-electron chi connectivity index (χ3n) is 3.55. The first-order chi connectivity index (χ1) is 10.4. The Hall–Kier alpha value is -1.90. The van der Waals surface area contributed by atoms with Crippen LogP contribution >= 0.6 is 11.6 Å². The molecule has 3 rings (SSSR count). The smallest absolute Gasteiger partial charge is 0.337 e. The predicted molar refractivity (Wildman–Crippen MR) is 78.3 cm³/mol. The lowest BCUT2D eigenvalue weighted by Gasteiger charge is -2.25. The van der Waals surface area contributed by atoms with Crippen LogP contribution in [0.3, 0.4) is 0 Å². The van der Waals surface area contributed by atoms with Crippen LogP contribution in [0.5, 0.6) is 0 Å². The summed E-state index contributed by atoms with van der Waals surface area (Å²) in [6.45, 7) is 0.480. The monoisotopic (exact) mass is 341 g/mol. The van der Waals surface area contributed by atoms with E-state index in [1.54, 1.807) is 0 Å². The Morgan fingerprint density at radius 2 is 2.18 bits per heavy atom. The second-order valence-electron chi connectivity index (χ2n) is 4.86. The second kappa shape index (κ2) is 5.38. The number of H-pyrrole nitrogens is 1. The van der Waals surface area contributed by atoms with Gasteiger partial charge in [0.1, 0.15) is 0 Å². The zero-order valence-corrected chi connectivity index (χ0v) is 12.9. The third-order valence-corrected chi connectivity index (χ3v) is 5.72. The molecule has 2 heterocycles. The molecule has 0 saturated heterocycles. The molecule has 0 amide bonds. The molecule has 9 heteroatoms. The van der Waals surface area contributed by atoms with E-state index in [2.05, 4.69) is 9.97 Å². The fraction of sp³-hybridized carbons (Fsp3) is 0.231. The van der Waals surface area contributed by atoms with Crippen LogP contribution in [0.2, 0.25) is 5.02 Å². The van der Waals surface area contributed by atoms with Crippen molar-refractivity contribution in [2.75, 3.05) is 6.54 Å². The molecule has 116 valence electrons. The molecule has 2 aromatic rings. The van der Waals surface area contributed by atoms with Crippen molar-refractivity contribution >= 4 is 27.6 Å². The van der Waals surface area contributed by atoms with Gasteiger partial charge in [-0.15, -0.1) is 0 Å². The minimum absolute atomic E-state index is 0.000878. The maximum Gasteiger partial charge on any atom is 0.337 e. The molecule has 0 unspecified atom stereocenters. The highest BCUT2D eigenvalue weighted by atomic mass is 35.5. The number of aromatic nitrogens is 2. The highest BCUT2D eigenvalue weighted by Gasteiger charge is 2.30. The standard InChI is InChI=1S/C13H12ClN3O4S/c14-10-2-1-8(5-9(10)13(18)19)22(20,21)17-4-3-11-12(6-17)16-7-15-11/h1-2,5,7H,3-4,6H2,(H,15,16)(H,18,19). The molecule has 2 N–H and O–H groups in total. The summed E-state index contributed by atoms with van der Waals surface area (Å²) < 4.78 is 26.6. The van der Waals surface area contributed by atoms with E-state index in [0.29, 0.717) is 13.0 Å². The molecule has 0 bridgehead atoms. The van der Waals surface area contributed by atoms with Gasteiger partial charge in [-0.25, -0.2) is 18.2 Å². The highest BCUT2D eigenvalue weighted by Crippen LogP contribution is 2.26. The van der Waals surface area contributed by atoms with Crippen molar-refractivity contribution in [2.45, 2.75) is 17.9 Å². The quantitative estimate of drug-likeness (QED) is 0.880. The molecule has 0 aliphatic carbocycles. The zero-order valence-electron chi connectivity index (χ0n) is 11.3. The van der Waals surface area contributed by atoms with E-state index in [9.17, 15) is 13.2 Å². The summed E-state index contributed by atoms with van der Waals surface area (Å²) in [5.41, 5.74) is 1.37. The number of nitrogens with one attached hydrogen (secondary N) is 1. The van der Waals surface area contributed by atoms with E-state index in [-0.39, 0.29) is 22.0 Å². The first kappa shape index (κ1) is 15.0. The van der Waals surface area contributed by atoms with Crippen LogP contribution < -0.4 is 0 Å². The molecule has 22 heavy (non-hydrogen) atoms. The van der Waals surface area contributed by atoms with E-state index in [1.165, 1.54) is 22.8 Å². The molecule has 1 aliphatic heterocycles. The average Bonchev–Trinajstić information content (AvgIpc) is 2.94. The van der Waals surface area contributed by atoms with Crippen LogP contribution in [0.4, 0.5) is 0 Å². The fourth-order valence-electron chi connectivity index (χ4n) is 2.37. The van der Waals surface area contributed by atoms with Gasteiger partial charge >= 0.3 is 5.97 Å². The average molecular weight is 342 g/mol. The molecule has 1 aliphatic rings. The second-order valence-corrected chi connectivity index (χ2v) is 7.21. The number of nitrogens with zero attached hydrogens (tertiary/aromatic N) is 2. The third kappa shape index (κ3) is 2.49. The maximum absolute atomic E-state index is 12.7. The van der Waals surface area contributed by atoms with Crippen molar-refractivity contribution in [3.05, 3.63) is 46.5 Å². The number of hydrogen-bond donors (Lipinski definition) is 2. The van der Waals surface area contributed by atoms with Gasteiger partial charge in [0.15, 0.2) is 0 Å². The maximum atomic E-state index is 12.7. The van der Waals surface area contributed by atoms with Crippen LogP contribution in [-0.2, 0) is 23.0 Å². The summed E-state index contributed by atoms with van der Waals surface area (Å²) in [6.07, 6.45) is 2.04. The Kier molecular flexibility index (Phi) is 3.67. The Morgan fingerprint density at radius 1 is 1.41 bits per heavy atom. The number of hydrogen-bond acceptors (Lipinski definition) is 4. The largest absolute Gasteiger partial charge is 0.478 e. The summed E-state index contributed by atoms with van der Waals surface area (Å²) in [5, 5.41) is 9.06. The van der Waals surface area contributed by atoms with Gasteiger partial charge in [0.25, 0.3) is 0 Å². The number of carbonyl (C=O) groups is 1. The SMILES string of the molecule is O=C(O)c1cc(S(=O)(=O)N2CCc3nc[nH]c3C2)ccc1Cl. The lowest BCUT2D eigenvalue weighted by atomic mass is 10.2. The minimum Gasteiger partial charge on any atom is -0.478 e. The Bertz CT molecular complexity index is 847. The Morgan fingerprint density at radius 3 is 2.91 bits per heavy atom. The van der Waals surface area contributed by atoms with Crippen molar-refractivity contribution in [3.8, 4) is 0 Å². The van der Waals surface area contributed by atoms with Crippen LogP contribution in [-0.4, -0.2) is 40.3 Å². The highest BCUT2D eigenvalue weighted by molar-refractivity contribution is 7.89. The molecule has 1 aromatic carbocycles. The molecular weight excluding hydrogens is 330 g/mol. The van der Waals surface area contributed by atoms with Crippen molar-refractivity contribution in [1.82, 2.24) is 14.3 Å².